The topological polar surface area (TPSA) is 66.7 Å². The number of imidazole rings is 1. The minimum atomic E-state index is -0.489. The minimum Gasteiger partial charge on any atom is -0.326 e. The molecule has 2 amide bonds. The Bertz CT molecular complexity index is 1270. The number of benzene rings is 2. The fourth-order valence-corrected chi connectivity index (χ4v) is 4.42. The molecule has 1 unspecified atom stereocenters. The third-order valence-corrected chi connectivity index (χ3v) is 6.28. The van der Waals surface area contributed by atoms with Gasteiger partial charge in [-0.2, -0.15) is 0 Å². The summed E-state index contributed by atoms with van der Waals surface area (Å²) >= 11 is 1.57. The molecule has 1 N–H and O–H groups in total. The zero-order valence-corrected chi connectivity index (χ0v) is 17.5. The Hall–Kier alpha value is -3.52. The van der Waals surface area contributed by atoms with Gasteiger partial charge in [-0.05, 0) is 36.8 Å². The molecule has 2 aromatic carbocycles. The van der Waals surface area contributed by atoms with Crippen molar-refractivity contribution in [1.29, 1.82) is 0 Å². The van der Waals surface area contributed by atoms with Crippen LogP contribution in [-0.4, -0.2) is 27.7 Å². The number of aryl methyl sites for hydroxylation is 1. The monoisotopic (exact) mass is 434 g/mol. The zero-order valence-electron chi connectivity index (χ0n) is 16.7. The van der Waals surface area contributed by atoms with Gasteiger partial charge in [0.1, 0.15) is 5.82 Å². The van der Waals surface area contributed by atoms with Crippen molar-refractivity contribution in [2.24, 2.45) is 5.92 Å². The molecule has 1 aliphatic heterocycles. The molecule has 0 aliphatic carbocycles. The van der Waals surface area contributed by atoms with Gasteiger partial charge in [-0.15, -0.1) is 11.3 Å². The molecule has 1 saturated heterocycles. The molecule has 1 fully saturated rings. The Kier molecular flexibility index (Phi) is 4.78. The molecule has 2 aromatic heterocycles. The summed E-state index contributed by atoms with van der Waals surface area (Å²) in [6.07, 6.45) is 4.03. The summed E-state index contributed by atoms with van der Waals surface area (Å²) in [5.74, 6) is -1.26. The maximum atomic E-state index is 13.9. The van der Waals surface area contributed by atoms with Crippen LogP contribution in [0.25, 0.3) is 16.2 Å². The Labute approximate surface area is 182 Å². The van der Waals surface area contributed by atoms with Gasteiger partial charge in [0.15, 0.2) is 4.96 Å². The van der Waals surface area contributed by atoms with Gasteiger partial charge in [-0.3, -0.25) is 14.0 Å². The summed E-state index contributed by atoms with van der Waals surface area (Å²) in [6, 6.07) is 12.1. The summed E-state index contributed by atoms with van der Waals surface area (Å²) in [4.78, 5) is 32.1. The van der Waals surface area contributed by atoms with E-state index in [0.717, 1.165) is 16.2 Å². The zero-order chi connectivity index (χ0) is 21.5. The van der Waals surface area contributed by atoms with Gasteiger partial charge in [0.25, 0.3) is 0 Å². The predicted molar refractivity (Wildman–Crippen MR) is 119 cm³/mol. The van der Waals surface area contributed by atoms with Gasteiger partial charge in [0.2, 0.25) is 11.8 Å². The molecule has 6 nitrogen and oxygen atoms in total. The second kappa shape index (κ2) is 7.63. The number of aromatic nitrogens is 2. The second-order valence-corrected chi connectivity index (χ2v) is 8.50. The van der Waals surface area contributed by atoms with Crippen LogP contribution in [0.1, 0.15) is 12.0 Å². The maximum absolute atomic E-state index is 13.9. The van der Waals surface area contributed by atoms with Crippen LogP contribution >= 0.6 is 11.3 Å². The van der Waals surface area contributed by atoms with Gasteiger partial charge in [0.05, 0.1) is 11.6 Å². The Balaban J connectivity index is 1.26. The molecule has 31 heavy (non-hydrogen) atoms. The van der Waals surface area contributed by atoms with Crippen LogP contribution in [0, 0.1) is 18.7 Å². The molecule has 0 bridgehead atoms. The molecule has 4 aromatic rings. The van der Waals surface area contributed by atoms with Crippen LogP contribution in [0.3, 0.4) is 0 Å². The number of carbonyl (C=O) groups excluding carboxylic acids is 2. The van der Waals surface area contributed by atoms with E-state index < -0.39 is 5.92 Å². The van der Waals surface area contributed by atoms with E-state index in [4.69, 9.17) is 0 Å². The normalized spacial score (nSPS) is 16.3. The van der Waals surface area contributed by atoms with Gasteiger partial charge in [-0.25, -0.2) is 9.37 Å². The SMILES string of the molecule is Cc1ccc(N2CC(C(=O)Nc3ccc(-c4cn5ccsc5n4)cc3)CC2=O)cc1F. The van der Waals surface area contributed by atoms with Crippen LogP contribution < -0.4 is 10.2 Å². The number of amides is 2. The Morgan fingerprint density at radius 2 is 2.03 bits per heavy atom. The van der Waals surface area contributed by atoms with Gasteiger partial charge in [0, 0.05) is 47.7 Å². The number of rotatable bonds is 4. The van der Waals surface area contributed by atoms with E-state index in [0.29, 0.717) is 16.9 Å². The van der Waals surface area contributed by atoms with Crippen molar-refractivity contribution in [3.05, 3.63) is 71.6 Å². The van der Waals surface area contributed by atoms with Crippen LogP contribution in [0.5, 0.6) is 0 Å². The summed E-state index contributed by atoms with van der Waals surface area (Å²) in [6.45, 7) is 1.90. The van der Waals surface area contributed by atoms with E-state index in [-0.39, 0.29) is 30.6 Å². The molecule has 156 valence electrons. The predicted octanol–water partition coefficient (Wildman–Crippen LogP) is 4.50. The number of fused-ring (bicyclic) bond motifs is 1. The first kappa shape index (κ1) is 19.4. The van der Waals surface area contributed by atoms with Gasteiger partial charge < -0.3 is 10.2 Å². The molecule has 1 aliphatic rings. The number of hydrogen-bond acceptors (Lipinski definition) is 4. The van der Waals surface area contributed by atoms with Crippen molar-refractivity contribution in [2.75, 3.05) is 16.8 Å². The fourth-order valence-electron chi connectivity index (χ4n) is 3.72. The highest BCUT2D eigenvalue weighted by atomic mass is 32.1. The largest absolute Gasteiger partial charge is 0.326 e. The maximum Gasteiger partial charge on any atom is 0.229 e. The van der Waals surface area contributed by atoms with Crippen molar-refractivity contribution in [1.82, 2.24) is 9.38 Å². The number of hydrogen-bond donors (Lipinski definition) is 1. The van der Waals surface area contributed by atoms with E-state index in [1.54, 1.807) is 30.4 Å². The van der Waals surface area contributed by atoms with Crippen molar-refractivity contribution in [2.45, 2.75) is 13.3 Å². The average Bonchev–Trinajstić information content (AvgIpc) is 3.45. The average molecular weight is 434 g/mol. The smallest absolute Gasteiger partial charge is 0.229 e. The molecule has 5 rings (SSSR count). The number of halogens is 1. The van der Waals surface area contributed by atoms with E-state index in [1.165, 1.54) is 11.0 Å². The lowest BCUT2D eigenvalue weighted by Gasteiger charge is -2.17. The van der Waals surface area contributed by atoms with Crippen molar-refractivity contribution in [3.63, 3.8) is 0 Å². The lowest BCUT2D eigenvalue weighted by Crippen LogP contribution is -2.28. The van der Waals surface area contributed by atoms with Crippen LogP contribution in [0.15, 0.2) is 60.2 Å². The first-order valence-corrected chi connectivity index (χ1v) is 10.8. The van der Waals surface area contributed by atoms with E-state index >= 15 is 0 Å². The van der Waals surface area contributed by atoms with Gasteiger partial charge in [-0.1, -0.05) is 18.2 Å². The summed E-state index contributed by atoms with van der Waals surface area (Å²) in [5, 5.41) is 4.86. The standard InChI is InChI=1S/C23H19FN4O2S/c1-14-2-7-18(11-19(14)24)28-12-16(10-21(28)29)22(30)25-17-5-3-15(4-6-17)20-13-27-8-9-31-23(27)26-20/h2-9,11,13,16H,10,12H2,1H3,(H,25,30). The first-order valence-electron chi connectivity index (χ1n) is 9.88. The summed E-state index contributed by atoms with van der Waals surface area (Å²) < 4.78 is 15.8. The third-order valence-electron chi connectivity index (χ3n) is 5.50. The Morgan fingerprint density at radius 1 is 1.23 bits per heavy atom. The highest BCUT2D eigenvalue weighted by molar-refractivity contribution is 7.15. The first-order chi connectivity index (χ1) is 15.0. The fraction of sp³-hybridized carbons (Fsp3) is 0.174. The molecular formula is C23H19FN4O2S. The quantitative estimate of drug-likeness (QED) is 0.514. The number of thiazole rings is 1. The van der Waals surface area contributed by atoms with E-state index in [2.05, 4.69) is 10.3 Å². The van der Waals surface area contributed by atoms with E-state index in [1.807, 2.05) is 46.4 Å². The highest BCUT2D eigenvalue weighted by Gasteiger charge is 2.35. The summed E-state index contributed by atoms with van der Waals surface area (Å²) in [7, 11) is 0. The van der Waals surface area contributed by atoms with Crippen molar-refractivity contribution >= 4 is 39.5 Å². The second-order valence-electron chi connectivity index (χ2n) is 7.62. The number of carbonyl (C=O) groups is 2. The number of nitrogens with one attached hydrogen (secondary N) is 1. The molecular weight excluding hydrogens is 415 g/mol. The molecule has 0 radical (unpaired) electrons. The lowest BCUT2D eigenvalue weighted by molar-refractivity contribution is -0.122. The lowest BCUT2D eigenvalue weighted by atomic mass is 10.1. The number of nitrogens with zero attached hydrogens (tertiary/aromatic N) is 3. The van der Waals surface area contributed by atoms with Crippen molar-refractivity contribution in [3.8, 4) is 11.3 Å². The number of anilines is 2. The minimum absolute atomic E-state index is 0.102. The summed E-state index contributed by atoms with van der Waals surface area (Å²) in [5.41, 5.74) is 3.47. The molecule has 8 heteroatoms. The van der Waals surface area contributed by atoms with Gasteiger partial charge >= 0.3 is 0 Å². The molecule has 1 atom stereocenters. The van der Waals surface area contributed by atoms with E-state index in [9.17, 15) is 14.0 Å². The van der Waals surface area contributed by atoms with Crippen LogP contribution in [0.2, 0.25) is 0 Å². The highest BCUT2D eigenvalue weighted by Crippen LogP contribution is 2.28. The third kappa shape index (κ3) is 3.70. The molecule has 3 heterocycles. The molecule has 0 spiro atoms. The van der Waals surface area contributed by atoms with Crippen molar-refractivity contribution < 1.29 is 14.0 Å². The van der Waals surface area contributed by atoms with Crippen LogP contribution in [-0.2, 0) is 9.59 Å². The molecule has 0 saturated carbocycles. The van der Waals surface area contributed by atoms with Crippen LogP contribution in [0.4, 0.5) is 15.8 Å². The Morgan fingerprint density at radius 3 is 2.77 bits per heavy atom.